The first-order valence-electron chi connectivity index (χ1n) is 9.73. The van der Waals surface area contributed by atoms with Crippen LogP contribution in [0.25, 0.3) is 0 Å². The van der Waals surface area contributed by atoms with Gasteiger partial charge in [0.05, 0.1) is 12.6 Å². The van der Waals surface area contributed by atoms with E-state index in [1.807, 2.05) is 30.3 Å². The molecule has 140 valence electrons. The van der Waals surface area contributed by atoms with Crippen LogP contribution >= 0.6 is 0 Å². The average Bonchev–Trinajstić information content (AvgIpc) is 3.17. The quantitative estimate of drug-likeness (QED) is 0.475. The predicted molar refractivity (Wildman–Crippen MR) is 105 cm³/mol. The van der Waals surface area contributed by atoms with E-state index in [-0.39, 0.29) is 0 Å². The fourth-order valence-electron chi connectivity index (χ4n) is 3.32. The standard InChI is InChI=1S/C20H34N4O/c1-3-18(24-14-8-9-15-24)16-23-20(21-4-2)22-13-12-19(25)17-10-6-5-7-11-17/h5-7,10-11,18-19,25H,3-4,8-9,12-16H2,1-2H3,(H2,21,22,23). The Morgan fingerprint density at radius 3 is 2.52 bits per heavy atom. The molecule has 5 nitrogen and oxygen atoms in total. The van der Waals surface area contributed by atoms with Gasteiger partial charge in [-0.2, -0.15) is 0 Å². The van der Waals surface area contributed by atoms with Crippen molar-refractivity contribution in [2.24, 2.45) is 4.99 Å². The zero-order valence-electron chi connectivity index (χ0n) is 15.7. The van der Waals surface area contributed by atoms with Gasteiger partial charge in [0.25, 0.3) is 0 Å². The Labute approximate surface area is 152 Å². The van der Waals surface area contributed by atoms with Crippen LogP contribution in [-0.2, 0) is 0 Å². The number of aliphatic hydroxyl groups is 1. The summed E-state index contributed by atoms with van der Waals surface area (Å²) in [5.41, 5.74) is 0.964. The molecule has 1 aliphatic rings. The van der Waals surface area contributed by atoms with E-state index in [0.29, 0.717) is 19.0 Å². The molecule has 0 saturated carbocycles. The molecule has 1 aromatic carbocycles. The van der Waals surface area contributed by atoms with E-state index >= 15 is 0 Å². The Bertz CT molecular complexity index is 500. The van der Waals surface area contributed by atoms with E-state index in [1.54, 1.807) is 0 Å². The molecular weight excluding hydrogens is 312 g/mol. The van der Waals surface area contributed by atoms with Crippen molar-refractivity contribution in [1.82, 2.24) is 15.5 Å². The van der Waals surface area contributed by atoms with E-state index < -0.39 is 6.10 Å². The molecule has 1 aliphatic heterocycles. The number of aliphatic hydroxyl groups excluding tert-OH is 1. The van der Waals surface area contributed by atoms with Crippen LogP contribution in [-0.4, -0.2) is 54.7 Å². The highest BCUT2D eigenvalue weighted by atomic mass is 16.3. The number of nitrogens with zero attached hydrogens (tertiary/aromatic N) is 2. The van der Waals surface area contributed by atoms with Gasteiger partial charge in [-0.3, -0.25) is 9.89 Å². The predicted octanol–water partition coefficient (Wildman–Crippen LogP) is 2.54. The fraction of sp³-hybridized carbons (Fsp3) is 0.650. The molecule has 3 N–H and O–H groups in total. The molecule has 0 aromatic heterocycles. The largest absolute Gasteiger partial charge is 0.388 e. The van der Waals surface area contributed by atoms with E-state index in [9.17, 15) is 5.11 Å². The molecule has 0 aliphatic carbocycles. The summed E-state index contributed by atoms with van der Waals surface area (Å²) in [5, 5.41) is 16.9. The first-order chi connectivity index (χ1) is 12.2. The summed E-state index contributed by atoms with van der Waals surface area (Å²) in [6.45, 7) is 9.11. The van der Waals surface area contributed by atoms with Crippen molar-refractivity contribution in [2.45, 2.75) is 51.7 Å². The molecule has 0 amide bonds. The highest BCUT2D eigenvalue weighted by molar-refractivity contribution is 5.79. The Hall–Kier alpha value is -1.59. The Morgan fingerprint density at radius 1 is 1.16 bits per heavy atom. The first kappa shape index (κ1) is 19.7. The maximum atomic E-state index is 10.3. The van der Waals surface area contributed by atoms with Crippen LogP contribution in [0.15, 0.2) is 35.3 Å². The van der Waals surface area contributed by atoms with Crippen molar-refractivity contribution < 1.29 is 5.11 Å². The number of hydrogen-bond donors (Lipinski definition) is 3. The lowest BCUT2D eigenvalue weighted by atomic mass is 10.1. The lowest BCUT2D eigenvalue weighted by molar-refractivity contribution is 0.168. The second-order valence-electron chi connectivity index (χ2n) is 6.67. The van der Waals surface area contributed by atoms with E-state index in [0.717, 1.165) is 31.0 Å². The van der Waals surface area contributed by atoms with Gasteiger partial charge in [-0.05, 0) is 51.3 Å². The second-order valence-corrected chi connectivity index (χ2v) is 6.67. The molecule has 25 heavy (non-hydrogen) atoms. The maximum Gasteiger partial charge on any atom is 0.191 e. The van der Waals surface area contributed by atoms with E-state index in [2.05, 4.69) is 29.4 Å². The van der Waals surface area contributed by atoms with Gasteiger partial charge in [0, 0.05) is 19.1 Å². The zero-order valence-corrected chi connectivity index (χ0v) is 15.7. The zero-order chi connectivity index (χ0) is 17.9. The topological polar surface area (TPSA) is 59.9 Å². The minimum atomic E-state index is -0.440. The van der Waals surface area contributed by atoms with Gasteiger partial charge in [0.2, 0.25) is 0 Å². The Balaban J connectivity index is 1.80. The lowest BCUT2D eigenvalue weighted by Gasteiger charge is -2.25. The van der Waals surface area contributed by atoms with Gasteiger partial charge in [0.15, 0.2) is 5.96 Å². The average molecular weight is 347 g/mol. The van der Waals surface area contributed by atoms with Crippen LogP contribution < -0.4 is 10.6 Å². The molecule has 0 spiro atoms. The molecule has 5 heteroatoms. The molecule has 1 fully saturated rings. The van der Waals surface area contributed by atoms with Gasteiger partial charge < -0.3 is 15.7 Å². The van der Waals surface area contributed by atoms with Gasteiger partial charge in [-0.15, -0.1) is 0 Å². The molecular formula is C20H34N4O. The normalized spacial score (nSPS) is 18.1. The van der Waals surface area contributed by atoms with Crippen LogP contribution in [0.4, 0.5) is 0 Å². The molecule has 1 aromatic rings. The Kier molecular flexibility index (Phi) is 8.77. The highest BCUT2D eigenvalue weighted by Crippen LogP contribution is 2.15. The number of rotatable bonds is 9. The van der Waals surface area contributed by atoms with E-state index in [4.69, 9.17) is 4.99 Å². The summed E-state index contributed by atoms with van der Waals surface area (Å²) in [6.07, 6.45) is 3.99. The van der Waals surface area contributed by atoms with Crippen LogP contribution in [0.3, 0.4) is 0 Å². The molecule has 2 atom stereocenters. The van der Waals surface area contributed by atoms with Crippen molar-refractivity contribution >= 4 is 5.96 Å². The summed E-state index contributed by atoms with van der Waals surface area (Å²) in [6, 6.07) is 10.3. The van der Waals surface area contributed by atoms with Crippen molar-refractivity contribution in [3.63, 3.8) is 0 Å². The second kappa shape index (κ2) is 11.1. The fourth-order valence-corrected chi connectivity index (χ4v) is 3.32. The highest BCUT2D eigenvalue weighted by Gasteiger charge is 2.20. The van der Waals surface area contributed by atoms with Gasteiger partial charge in [-0.1, -0.05) is 37.3 Å². The molecule has 1 saturated heterocycles. The summed E-state index contributed by atoms with van der Waals surface area (Å²) >= 11 is 0. The number of guanidine groups is 1. The van der Waals surface area contributed by atoms with Crippen LogP contribution in [0.1, 0.15) is 51.2 Å². The molecule has 2 rings (SSSR count). The van der Waals surface area contributed by atoms with Gasteiger partial charge in [-0.25, -0.2) is 0 Å². The third-order valence-electron chi connectivity index (χ3n) is 4.83. The monoisotopic (exact) mass is 346 g/mol. The smallest absolute Gasteiger partial charge is 0.191 e. The molecule has 0 bridgehead atoms. The van der Waals surface area contributed by atoms with Crippen LogP contribution in [0, 0.1) is 0 Å². The minimum Gasteiger partial charge on any atom is -0.388 e. The lowest BCUT2D eigenvalue weighted by Crippen LogP contribution is -2.40. The van der Waals surface area contributed by atoms with Gasteiger partial charge in [0.1, 0.15) is 0 Å². The number of likely N-dealkylation sites (tertiary alicyclic amines) is 1. The Morgan fingerprint density at radius 2 is 1.88 bits per heavy atom. The molecule has 2 unspecified atom stereocenters. The van der Waals surface area contributed by atoms with Crippen molar-refractivity contribution in [1.29, 1.82) is 0 Å². The number of nitrogens with one attached hydrogen (secondary N) is 2. The summed E-state index contributed by atoms with van der Waals surface area (Å²) in [5.74, 6) is 0.848. The van der Waals surface area contributed by atoms with Crippen LogP contribution in [0.5, 0.6) is 0 Å². The molecule has 1 heterocycles. The first-order valence-corrected chi connectivity index (χ1v) is 9.73. The summed E-state index contributed by atoms with van der Waals surface area (Å²) in [4.78, 5) is 7.33. The number of aliphatic imine (C=N–C) groups is 1. The summed E-state index contributed by atoms with van der Waals surface area (Å²) < 4.78 is 0. The maximum absolute atomic E-state index is 10.3. The summed E-state index contributed by atoms with van der Waals surface area (Å²) in [7, 11) is 0. The third kappa shape index (κ3) is 6.67. The third-order valence-corrected chi connectivity index (χ3v) is 4.83. The van der Waals surface area contributed by atoms with E-state index in [1.165, 1.54) is 25.9 Å². The molecule has 0 radical (unpaired) electrons. The minimum absolute atomic E-state index is 0.440. The SMILES string of the molecule is CCNC(=NCC(CC)N1CCCC1)NCCC(O)c1ccccc1. The van der Waals surface area contributed by atoms with Crippen molar-refractivity contribution in [3.05, 3.63) is 35.9 Å². The van der Waals surface area contributed by atoms with Crippen LogP contribution in [0.2, 0.25) is 0 Å². The van der Waals surface area contributed by atoms with Gasteiger partial charge >= 0.3 is 0 Å². The van der Waals surface area contributed by atoms with Crippen molar-refractivity contribution in [2.75, 3.05) is 32.7 Å². The van der Waals surface area contributed by atoms with Crippen molar-refractivity contribution in [3.8, 4) is 0 Å². The number of hydrogen-bond acceptors (Lipinski definition) is 3. The number of benzene rings is 1.